The monoisotopic (exact) mass is 366 g/mol. The van der Waals surface area contributed by atoms with Gasteiger partial charge >= 0.3 is 11.4 Å². The summed E-state index contributed by atoms with van der Waals surface area (Å²) in [5.74, 6) is 0. The summed E-state index contributed by atoms with van der Waals surface area (Å²) < 4.78 is 3.07. The van der Waals surface area contributed by atoms with Gasteiger partial charge in [0.1, 0.15) is 0 Å². The fourth-order valence-corrected chi connectivity index (χ4v) is 1.54. The number of hydrogen-bond donors (Lipinski definition) is 0. The molecule has 2 rings (SSSR count). The van der Waals surface area contributed by atoms with E-state index in [1.54, 1.807) is 30.2 Å². The molecule has 0 fully saturated rings. The lowest BCUT2D eigenvalue weighted by Gasteiger charge is -2.07. The van der Waals surface area contributed by atoms with Crippen LogP contribution in [0.1, 0.15) is 72.6 Å². The van der Waals surface area contributed by atoms with Crippen molar-refractivity contribution in [3.8, 4) is 0 Å². The highest BCUT2D eigenvalue weighted by atomic mass is 16.1. The molecule has 0 aromatic carbocycles. The Morgan fingerprint density at radius 2 is 1.15 bits per heavy atom. The first-order chi connectivity index (χ1) is 12.3. The highest BCUT2D eigenvalue weighted by molar-refractivity contribution is 5.00. The van der Waals surface area contributed by atoms with Gasteiger partial charge in [-0.05, 0) is 38.8 Å². The minimum absolute atomic E-state index is 0.175. The van der Waals surface area contributed by atoms with Gasteiger partial charge in [0.15, 0.2) is 0 Å². The maximum Gasteiger partial charge on any atom is 0.347 e. The van der Waals surface area contributed by atoms with Gasteiger partial charge in [0, 0.05) is 37.9 Å². The molecule has 2 heterocycles. The lowest BCUT2D eigenvalue weighted by molar-refractivity contribution is 0.561. The molecular weight excluding hydrogens is 328 g/mol. The van der Waals surface area contributed by atoms with Gasteiger partial charge in [0.2, 0.25) is 0 Å². The van der Waals surface area contributed by atoms with Gasteiger partial charge in [-0.3, -0.25) is 4.57 Å². The van der Waals surface area contributed by atoms with Crippen molar-refractivity contribution in [1.82, 2.24) is 19.1 Å². The minimum Gasteiger partial charge on any atom is -0.302 e. The van der Waals surface area contributed by atoms with Crippen molar-refractivity contribution in [2.45, 2.75) is 75.3 Å². The average Bonchev–Trinajstić information content (AvgIpc) is 2.66. The Morgan fingerprint density at radius 1 is 0.769 bits per heavy atom. The van der Waals surface area contributed by atoms with Gasteiger partial charge in [-0.15, -0.1) is 0 Å². The third kappa shape index (κ3) is 12.2. The van der Waals surface area contributed by atoms with Crippen LogP contribution in [0.2, 0.25) is 0 Å². The van der Waals surface area contributed by atoms with Gasteiger partial charge in [0.25, 0.3) is 0 Å². The van der Waals surface area contributed by atoms with E-state index in [0.29, 0.717) is 0 Å². The molecule has 0 aliphatic heterocycles. The molecular formula is C20H38N4O2. The summed E-state index contributed by atoms with van der Waals surface area (Å²) in [4.78, 5) is 29.0. The topological polar surface area (TPSA) is 69.8 Å². The summed E-state index contributed by atoms with van der Waals surface area (Å²) in [6.45, 7) is 19.7. The molecule has 0 amide bonds. The Bertz CT molecular complexity index is 689. The van der Waals surface area contributed by atoms with Gasteiger partial charge in [-0.2, -0.15) is 0 Å². The maximum absolute atomic E-state index is 11.1. The van der Waals surface area contributed by atoms with Crippen molar-refractivity contribution in [3.63, 3.8) is 0 Å². The van der Waals surface area contributed by atoms with Crippen LogP contribution in [0.25, 0.3) is 0 Å². The molecule has 0 radical (unpaired) electrons. The first kappa shape index (κ1) is 28.6. The van der Waals surface area contributed by atoms with Gasteiger partial charge in [-0.1, -0.05) is 41.5 Å². The first-order valence-corrected chi connectivity index (χ1v) is 9.35. The number of rotatable bonds is 1. The highest BCUT2D eigenvalue weighted by Gasteiger charge is 1.99. The van der Waals surface area contributed by atoms with E-state index in [1.165, 1.54) is 4.57 Å². The highest BCUT2D eigenvalue weighted by Crippen LogP contribution is 1.99. The van der Waals surface area contributed by atoms with Crippen LogP contribution in [0.5, 0.6) is 0 Å². The molecule has 0 spiro atoms. The second-order valence-electron chi connectivity index (χ2n) is 4.94. The molecule has 0 aliphatic rings. The molecule has 0 saturated carbocycles. The Labute approximate surface area is 159 Å². The van der Waals surface area contributed by atoms with Crippen LogP contribution >= 0.6 is 0 Å². The van der Waals surface area contributed by atoms with Crippen LogP contribution in [0, 0.1) is 13.8 Å². The molecule has 0 bridgehead atoms. The molecule has 26 heavy (non-hydrogen) atoms. The zero-order valence-corrected chi connectivity index (χ0v) is 18.5. The number of aryl methyl sites for hydroxylation is 3. The van der Waals surface area contributed by atoms with E-state index in [4.69, 9.17) is 0 Å². The van der Waals surface area contributed by atoms with E-state index in [0.717, 1.165) is 11.1 Å². The fraction of sp³-hybridized carbons (Fsp3) is 0.600. The second-order valence-corrected chi connectivity index (χ2v) is 4.94. The second kappa shape index (κ2) is 17.6. The molecule has 0 unspecified atom stereocenters. The molecule has 6 heteroatoms. The number of hydrogen-bond acceptors (Lipinski definition) is 4. The van der Waals surface area contributed by atoms with Crippen LogP contribution in [0.4, 0.5) is 0 Å². The third-order valence-electron chi connectivity index (χ3n) is 2.58. The van der Waals surface area contributed by atoms with Gasteiger partial charge in [0.05, 0.1) is 0 Å². The van der Waals surface area contributed by atoms with Crippen LogP contribution in [0.15, 0.2) is 34.4 Å². The van der Waals surface area contributed by atoms with Crippen molar-refractivity contribution in [2.75, 3.05) is 0 Å². The fourth-order valence-electron chi connectivity index (χ4n) is 1.54. The van der Waals surface area contributed by atoms with E-state index >= 15 is 0 Å². The van der Waals surface area contributed by atoms with E-state index in [9.17, 15) is 9.59 Å². The molecule has 0 N–H and O–H groups in total. The predicted molar refractivity (Wildman–Crippen MR) is 112 cm³/mol. The Kier molecular flexibility index (Phi) is 19.3. The zero-order chi connectivity index (χ0) is 21.3. The summed E-state index contributed by atoms with van der Waals surface area (Å²) in [7, 11) is 1.68. The van der Waals surface area contributed by atoms with Gasteiger partial charge in [-0.25, -0.2) is 19.6 Å². The normalized spacial score (nSPS) is 8.46. The quantitative estimate of drug-likeness (QED) is 0.754. The van der Waals surface area contributed by atoms with Crippen molar-refractivity contribution < 1.29 is 0 Å². The van der Waals surface area contributed by atoms with E-state index in [2.05, 4.69) is 9.97 Å². The molecule has 0 aliphatic carbocycles. The van der Waals surface area contributed by atoms with Crippen LogP contribution in [-0.4, -0.2) is 19.1 Å². The SMILES string of the molecule is CC.CC.CC.Cc1cnc(=O)n(C(C)C)c1.Cc1cnc(=O)n(C)c1. The Balaban J connectivity index is -0.000000319. The predicted octanol–water partition coefficient (Wildman–Crippen LogP) is 4.30. The molecule has 2 aromatic rings. The van der Waals surface area contributed by atoms with E-state index < -0.39 is 0 Å². The summed E-state index contributed by atoms with van der Waals surface area (Å²) in [5.41, 5.74) is 1.63. The zero-order valence-electron chi connectivity index (χ0n) is 18.5. The van der Waals surface area contributed by atoms with Crippen molar-refractivity contribution >= 4 is 0 Å². The summed E-state index contributed by atoms with van der Waals surface area (Å²) in [6.07, 6.45) is 6.71. The standard InChI is InChI=1S/C8H12N2O.C6H8N2O.3C2H6/c1-6(2)10-5-7(3)4-9-8(10)11;1-5-3-7-6(9)8(2)4-5;3*1-2/h4-6H,1-3H3;3-4H,1-2H3;3*1-2H3. The van der Waals surface area contributed by atoms with Crippen LogP contribution in [0.3, 0.4) is 0 Å². The Morgan fingerprint density at radius 3 is 1.46 bits per heavy atom. The summed E-state index contributed by atoms with van der Waals surface area (Å²) in [5, 5.41) is 0. The minimum atomic E-state index is -0.208. The lowest BCUT2D eigenvalue weighted by Crippen LogP contribution is -2.23. The molecule has 150 valence electrons. The largest absolute Gasteiger partial charge is 0.347 e. The number of nitrogens with zero attached hydrogens (tertiary/aromatic N) is 4. The van der Waals surface area contributed by atoms with Crippen molar-refractivity contribution in [3.05, 3.63) is 56.9 Å². The van der Waals surface area contributed by atoms with Crippen LogP contribution in [-0.2, 0) is 7.05 Å². The summed E-state index contributed by atoms with van der Waals surface area (Å²) >= 11 is 0. The summed E-state index contributed by atoms with van der Waals surface area (Å²) in [6, 6.07) is 0.190. The molecule has 6 nitrogen and oxygen atoms in total. The lowest BCUT2D eigenvalue weighted by atomic mass is 10.3. The molecule has 2 aromatic heterocycles. The van der Waals surface area contributed by atoms with Crippen molar-refractivity contribution in [1.29, 1.82) is 0 Å². The molecule has 0 saturated heterocycles. The number of aromatic nitrogens is 4. The first-order valence-electron chi connectivity index (χ1n) is 9.35. The van der Waals surface area contributed by atoms with Gasteiger partial charge < -0.3 is 4.57 Å². The maximum atomic E-state index is 11.1. The van der Waals surface area contributed by atoms with E-state index in [1.807, 2.05) is 75.4 Å². The average molecular weight is 367 g/mol. The smallest absolute Gasteiger partial charge is 0.302 e. The molecule has 0 atom stereocenters. The van der Waals surface area contributed by atoms with Crippen LogP contribution < -0.4 is 11.4 Å². The van der Waals surface area contributed by atoms with Crippen molar-refractivity contribution in [2.24, 2.45) is 7.05 Å². The third-order valence-corrected chi connectivity index (χ3v) is 2.58. The Hall–Kier alpha value is -2.24. The van der Waals surface area contributed by atoms with E-state index in [-0.39, 0.29) is 17.4 Å².